The second kappa shape index (κ2) is 6.00. The molecule has 0 N–H and O–H groups in total. The highest BCUT2D eigenvalue weighted by molar-refractivity contribution is 6.40. The zero-order valence-electron chi connectivity index (χ0n) is 14.2. The van der Waals surface area contributed by atoms with Crippen molar-refractivity contribution in [2.75, 3.05) is 6.61 Å². The summed E-state index contributed by atoms with van der Waals surface area (Å²) in [5, 5.41) is 0. The molecule has 0 fully saturated rings. The van der Waals surface area contributed by atoms with Crippen molar-refractivity contribution in [1.29, 1.82) is 0 Å². The van der Waals surface area contributed by atoms with E-state index in [1.165, 1.54) is 0 Å². The molecule has 116 valence electrons. The molecule has 0 aliphatic heterocycles. The highest BCUT2D eigenvalue weighted by Gasteiger charge is 2.25. The van der Waals surface area contributed by atoms with Crippen LogP contribution in [0.5, 0.6) is 0 Å². The van der Waals surface area contributed by atoms with E-state index in [4.69, 9.17) is 4.74 Å². The van der Waals surface area contributed by atoms with Gasteiger partial charge in [0.1, 0.15) is 0 Å². The first-order valence-electron chi connectivity index (χ1n) is 7.34. The van der Waals surface area contributed by atoms with Gasteiger partial charge in [-0.25, -0.2) is 4.79 Å². The van der Waals surface area contributed by atoms with E-state index in [1.807, 2.05) is 0 Å². The Morgan fingerprint density at radius 3 is 1.67 bits per heavy atom. The number of carbonyl (C=O) groups is 2. The van der Waals surface area contributed by atoms with Gasteiger partial charge in [-0.2, -0.15) is 0 Å². The SMILES string of the molecule is CCOC(=O)C(=O)c1cc(C(C)(C)C)cc(C(C)(C)C)c1. The number of carbonyl (C=O) groups excluding carboxylic acids is 2. The zero-order valence-corrected chi connectivity index (χ0v) is 14.2. The van der Waals surface area contributed by atoms with Gasteiger partial charge in [-0.3, -0.25) is 4.79 Å². The van der Waals surface area contributed by atoms with Crippen LogP contribution in [0.15, 0.2) is 18.2 Å². The lowest BCUT2D eigenvalue weighted by Crippen LogP contribution is -2.22. The fourth-order valence-corrected chi connectivity index (χ4v) is 1.94. The van der Waals surface area contributed by atoms with Crippen molar-refractivity contribution < 1.29 is 14.3 Å². The molecule has 0 aromatic heterocycles. The van der Waals surface area contributed by atoms with Gasteiger partial charge in [0.25, 0.3) is 5.78 Å². The van der Waals surface area contributed by atoms with Gasteiger partial charge in [0.05, 0.1) is 6.61 Å². The standard InChI is InChI=1S/C18H26O3/c1-8-21-16(20)15(19)12-9-13(17(2,3)4)11-14(10-12)18(5,6)7/h9-11H,8H2,1-7H3. The fourth-order valence-electron chi connectivity index (χ4n) is 1.94. The van der Waals surface area contributed by atoms with Gasteiger partial charge in [0, 0.05) is 5.56 Å². The topological polar surface area (TPSA) is 43.4 Å². The van der Waals surface area contributed by atoms with Crippen LogP contribution in [0, 0.1) is 0 Å². The van der Waals surface area contributed by atoms with Crippen LogP contribution in [0.1, 0.15) is 70.0 Å². The molecule has 0 spiro atoms. The Balaban J connectivity index is 3.39. The van der Waals surface area contributed by atoms with Gasteiger partial charge < -0.3 is 4.74 Å². The highest BCUT2D eigenvalue weighted by atomic mass is 16.5. The first-order chi connectivity index (χ1) is 9.46. The molecule has 0 radical (unpaired) electrons. The van der Waals surface area contributed by atoms with E-state index in [1.54, 1.807) is 19.1 Å². The van der Waals surface area contributed by atoms with Crippen LogP contribution in [0.25, 0.3) is 0 Å². The van der Waals surface area contributed by atoms with E-state index in [-0.39, 0.29) is 17.4 Å². The van der Waals surface area contributed by atoms with E-state index < -0.39 is 11.8 Å². The van der Waals surface area contributed by atoms with E-state index in [2.05, 4.69) is 47.6 Å². The Hall–Kier alpha value is -1.64. The summed E-state index contributed by atoms with van der Waals surface area (Å²) in [7, 11) is 0. The summed E-state index contributed by atoms with van der Waals surface area (Å²) in [5.74, 6) is -1.36. The molecule has 3 heteroatoms. The van der Waals surface area contributed by atoms with Crippen LogP contribution in [0.4, 0.5) is 0 Å². The number of rotatable bonds is 3. The molecule has 0 atom stereocenters. The molecule has 3 nitrogen and oxygen atoms in total. The molecule has 0 heterocycles. The minimum Gasteiger partial charge on any atom is -0.460 e. The largest absolute Gasteiger partial charge is 0.460 e. The van der Waals surface area contributed by atoms with E-state index in [0.29, 0.717) is 5.56 Å². The van der Waals surface area contributed by atoms with Crippen molar-refractivity contribution in [1.82, 2.24) is 0 Å². The fraction of sp³-hybridized carbons (Fsp3) is 0.556. The number of Topliss-reactive ketones (excluding diaryl/α,β-unsaturated/α-hetero) is 1. The first kappa shape index (κ1) is 17.4. The molecular weight excluding hydrogens is 264 g/mol. The average molecular weight is 290 g/mol. The molecule has 0 bridgehead atoms. The number of hydrogen-bond acceptors (Lipinski definition) is 3. The number of esters is 1. The van der Waals surface area contributed by atoms with Crippen LogP contribution < -0.4 is 0 Å². The first-order valence-corrected chi connectivity index (χ1v) is 7.34. The minimum atomic E-state index is -0.789. The Labute approximate surface area is 127 Å². The van der Waals surface area contributed by atoms with Crippen molar-refractivity contribution >= 4 is 11.8 Å². The quantitative estimate of drug-likeness (QED) is 0.479. The molecule has 0 saturated heterocycles. The van der Waals surface area contributed by atoms with Crippen LogP contribution >= 0.6 is 0 Å². The Morgan fingerprint density at radius 2 is 1.33 bits per heavy atom. The van der Waals surface area contributed by atoms with Gasteiger partial charge >= 0.3 is 5.97 Å². The third kappa shape index (κ3) is 4.42. The van der Waals surface area contributed by atoms with Crippen molar-refractivity contribution in [3.8, 4) is 0 Å². The molecule has 0 unspecified atom stereocenters. The van der Waals surface area contributed by atoms with Gasteiger partial charge in [0.15, 0.2) is 0 Å². The average Bonchev–Trinajstić information content (AvgIpc) is 2.35. The molecular formula is C18H26O3. The Morgan fingerprint density at radius 1 is 0.905 bits per heavy atom. The minimum absolute atomic E-state index is 0.0923. The lowest BCUT2D eigenvalue weighted by atomic mass is 9.79. The monoisotopic (exact) mass is 290 g/mol. The van der Waals surface area contributed by atoms with Gasteiger partial charge in [-0.05, 0) is 41.0 Å². The number of benzene rings is 1. The summed E-state index contributed by atoms with van der Waals surface area (Å²) < 4.78 is 4.82. The molecule has 1 aromatic rings. The van der Waals surface area contributed by atoms with Crippen LogP contribution in [0.2, 0.25) is 0 Å². The number of ether oxygens (including phenoxy) is 1. The summed E-state index contributed by atoms with van der Waals surface area (Å²) in [6.45, 7) is 14.4. The zero-order chi connectivity index (χ0) is 16.4. The van der Waals surface area contributed by atoms with E-state index in [0.717, 1.165) is 11.1 Å². The molecule has 0 aliphatic rings. The Bertz CT molecular complexity index is 510. The second-order valence-corrected chi connectivity index (χ2v) is 7.35. The van der Waals surface area contributed by atoms with E-state index in [9.17, 15) is 9.59 Å². The second-order valence-electron chi connectivity index (χ2n) is 7.35. The van der Waals surface area contributed by atoms with Gasteiger partial charge in [-0.15, -0.1) is 0 Å². The van der Waals surface area contributed by atoms with Crippen LogP contribution in [0.3, 0.4) is 0 Å². The molecule has 0 saturated carbocycles. The van der Waals surface area contributed by atoms with Crippen LogP contribution in [-0.4, -0.2) is 18.4 Å². The van der Waals surface area contributed by atoms with Crippen molar-refractivity contribution in [2.24, 2.45) is 0 Å². The third-order valence-corrected chi connectivity index (χ3v) is 3.39. The molecule has 1 rings (SSSR count). The number of ketones is 1. The third-order valence-electron chi connectivity index (χ3n) is 3.39. The van der Waals surface area contributed by atoms with E-state index >= 15 is 0 Å². The van der Waals surface area contributed by atoms with Gasteiger partial charge in [-0.1, -0.05) is 47.6 Å². The summed E-state index contributed by atoms with van der Waals surface area (Å²) in [5.41, 5.74) is 2.31. The molecule has 1 aromatic carbocycles. The lowest BCUT2D eigenvalue weighted by Gasteiger charge is -2.25. The van der Waals surface area contributed by atoms with Crippen LogP contribution in [-0.2, 0) is 20.4 Å². The maximum atomic E-state index is 12.2. The van der Waals surface area contributed by atoms with Crippen molar-refractivity contribution in [2.45, 2.75) is 59.3 Å². The lowest BCUT2D eigenvalue weighted by molar-refractivity contribution is -0.137. The predicted octanol–water partition coefficient (Wildman–Crippen LogP) is 4.03. The predicted molar refractivity (Wildman–Crippen MR) is 84.8 cm³/mol. The molecule has 21 heavy (non-hydrogen) atoms. The van der Waals surface area contributed by atoms with Gasteiger partial charge in [0.2, 0.25) is 0 Å². The molecule has 0 amide bonds. The van der Waals surface area contributed by atoms with Crippen molar-refractivity contribution in [3.05, 3.63) is 34.9 Å². The maximum Gasteiger partial charge on any atom is 0.379 e. The summed E-state index contributed by atoms with van der Waals surface area (Å²) in [6, 6.07) is 5.71. The maximum absolute atomic E-state index is 12.2. The highest BCUT2D eigenvalue weighted by Crippen LogP contribution is 2.30. The smallest absolute Gasteiger partial charge is 0.379 e. The number of hydrogen-bond donors (Lipinski definition) is 0. The molecule has 0 aliphatic carbocycles. The summed E-state index contributed by atoms with van der Waals surface area (Å²) in [4.78, 5) is 23.9. The normalized spacial score (nSPS) is 12.1. The Kier molecular flexibility index (Phi) is 4.98. The summed E-state index contributed by atoms with van der Waals surface area (Å²) >= 11 is 0. The van der Waals surface area contributed by atoms with Crippen molar-refractivity contribution in [3.63, 3.8) is 0 Å². The summed E-state index contributed by atoms with van der Waals surface area (Å²) in [6.07, 6.45) is 0.